The maximum atomic E-state index is 6.11. The monoisotopic (exact) mass is 290 g/mol. The molecule has 2 nitrogen and oxygen atoms in total. The normalized spacial score (nSPS) is 17.8. The molecule has 1 aromatic rings. The van der Waals surface area contributed by atoms with E-state index in [0.717, 1.165) is 16.8 Å². The number of anilines is 1. The highest BCUT2D eigenvalue weighted by Crippen LogP contribution is 2.40. The lowest BCUT2D eigenvalue weighted by Gasteiger charge is -2.25. The van der Waals surface area contributed by atoms with Gasteiger partial charge in [0.2, 0.25) is 0 Å². The van der Waals surface area contributed by atoms with E-state index in [9.17, 15) is 0 Å². The van der Waals surface area contributed by atoms with Crippen LogP contribution in [0, 0.1) is 0 Å². The van der Waals surface area contributed by atoms with Crippen LogP contribution in [0.4, 0.5) is 5.69 Å². The number of hydrogen-bond donors (Lipinski definition) is 2. The molecular formula is C12H13Cl3N2. The van der Waals surface area contributed by atoms with E-state index in [2.05, 4.69) is 0 Å². The van der Waals surface area contributed by atoms with Crippen molar-refractivity contribution in [2.24, 2.45) is 5.73 Å². The maximum Gasteiger partial charge on any atom is 0.161 e. The fourth-order valence-corrected chi connectivity index (χ4v) is 2.02. The first-order chi connectivity index (χ1) is 7.49. The van der Waals surface area contributed by atoms with Crippen LogP contribution in [0.15, 0.2) is 42.1 Å². The molecule has 0 saturated heterocycles. The highest BCUT2D eigenvalue weighted by Gasteiger charge is 2.31. The summed E-state index contributed by atoms with van der Waals surface area (Å²) in [5, 5.41) is 0. The van der Waals surface area contributed by atoms with Crippen LogP contribution in [0.5, 0.6) is 0 Å². The van der Waals surface area contributed by atoms with E-state index in [-0.39, 0.29) is 12.4 Å². The van der Waals surface area contributed by atoms with Gasteiger partial charge in [0.05, 0.1) is 0 Å². The second kappa shape index (κ2) is 5.21. The summed E-state index contributed by atoms with van der Waals surface area (Å²) in [5.74, 6) is 0. The number of allylic oxidation sites excluding steroid dienone is 4. The Balaban J connectivity index is 0.00000144. The van der Waals surface area contributed by atoms with Gasteiger partial charge in [0.1, 0.15) is 0 Å². The van der Waals surface area contributed by atoms with Crippen LogP contribution in [0.25, 0.3) is 5.57 Å². The molecule has 0 bridgehead atoms. The Labute approximate surface area is 117 Å². The average molecular weight is 292 g/mol. The van der Waals surface area contributed by atoms with Gasteiger partial charge in [-0.15, -0.1) is 12.4 Å². The van der Waals surface area contributed by atoms with Gasteiger partial charge in [0.15, 0.2) is 4.33 Å². The van der Waals surface area contributed by atoms with Gasteiger partial charge in [-0.1, -0.05) is 41.4 Å². The van der Waals surface area contributed by atoms with Crippen molar-refractivity contribution >= 4 is 46.9 Å². The third-order valence-corrected chi connectivity index (χ3v) is 3.28. The summed E-state index contributed by atoms with van der Waals surface area (Å²) in [6, 6.07) is 7.59. The van der Waals surface area contributed by atoms with Gasteiger partial charge in [-0.05, 0) is 29.3 Å². The quantitative estimate of drug-likeness (QED) is 0.614. The van der Waals surface area contributed by atoms with Crippen molar-refractivity contribution in [1.82, 2.24) is 0 Å². The summed E-state index contributed by atoms with van der Waals surface area (Å²) < 4.78 is -1.01. The van der Waals surface area contributed by atoms with E-state index in [0.29, 0.717) is 12.1 Å². The molecule has 17 heavy (non-hydrogen) atoms. The average Bonchev–Trinajstić information content (AvgIpc) is 2.23. The molecule has 0 saturated carbocycles. The zero-order chi connectivity index (χ0) is 11.8. The zero-order valence-corrected chi connectivity index (χ0v) is 11.3. The van der Waals surface area contributed by atoms with E-state index in [1.165, 1.54) is 0 Å². The molecule has 1 aliphatic rings. The number of hydrogen-bond acceptors (Lipinski definition) is 2. The van der Waals surface area contributed by atoms with Gasteiger partial charge in [-0.2, -0.15) is 0 Å². The van der Waals surface area contributed by atoms with Crippen molar-refractivity contribution in [3.8, 4) is 0 Å². The fraction of sp³-hybridized carbons (Fsp3) is 0.167. The maximum absolute atomic E-state index is 6.11. The van der Waals surface area contributed by atoms with Crippen molar-refractivity contribution in [3.05, 3.63) is 47.7 Å². The molecule has 0 radical (unpaired) electrons. The third-order valence-electron chi connectivity index (χ3n) is 2.58. The second-order valence-electron chi connectivity index (χ2n) is 3.82. The first-order valence-corrected chi connectivity index (χ1v) is 5.65. The summed E-state index contributed by atoms with van der Waals surface area (Å²) in [6.45, 7) is 0. The van der Waals surface area contributed by atoms with E-state index in [4.69, 9.17) is 34.7 Å². The third kappa shape index (κ3) is 3.09. The van der Waals surface area contributed by atoms with Gasteiger partial charge in [-0.3, -0.25) is 0 Å². The van der Waals surface area contributed by atoms with Gasteiger partial charge in [-0.25, -0.2) is 0 Å². The number of rotatable bonds is 1. The van der Waals surface area contributed by atoms with Crippen molar-refractivity contribution in [3.63, 3.8) is 0 Å². The Morgan fingerprint density at radius 3 is 2.12 bits per heavy atom. The minimum atomic E-state index is -1.01. The topological polar surface area (TPSA) is 52.0 Å². The van der Waals surface area contributed by atoms with Gasteiger partial charge >= 0.3 is 0 Å². The highest BCUT2D eigenvalue weighted by molar-refractivity contribution is 6.51. The second-order valence-corrected chi connectivity index (χ2v) is 5.30. The Morgan fingerprint density at radius 1 is 1.00 bits per heavy atom. The molecule has 92 valence electrons. The molecule has 0 spiro atoms. The molecule has 1 aliphatic carbocycles. The molecule has 1 aromatic carbocycles. The van der Waals surface area contributed by atoms with Gasteiger partial charge in [0, 0.05) is 17.8 Å². The van der Waals surface area contributed by atoms with Crippen LogP contribution in [0.1, 0.15) is 12.0 Å². The lowest BCUT2D eigenvalue weighted by atomic mass is 9.95. The van der Waals surface area contributed by atoms with E-state index < -0.39 is 4.33 Å². The largest absolute Gasteiger partial charge is 0.400 e. The van der Waals surface area contributed by atoms with Crippen molar-refractivity contribution in [2.45, 2.75) is 10.8 Å². The predicted octanol–water partition coefficient (Wildman–Crippen LogP) is 3.49. The van der Waals surface area contributed by atoms with Crippen molar-refractivity contribution < 1.29 is 0 Å². The predicted molar refractivity (Wildman–Crippen MR) is 77.4 cm³/mol. The summed E-state index contributed by atoms with van der Waals surface area (Å²) in [7, 11) is 0. The SMILES string of the molecule is Cl.NC1=CC=C(c2ccc(N)cc2)CC1(Cl)Cl. The first kappa shape index (κ1) is 14.2. The molecule has 0 amide bonds. The molecule has 2 rings (SSSR count). The number of nitrogen functional groups attached to an aromatic ring is 1. The molecule has 0 heterocycles. The zero-order valence-electron chi connectivity index (χ0n) is 8.99. The minimum Gasteiger partial charge on any atom is -0.400 e. The molecule has 5 heteroatoms. The Hall–Kier alpha value is -0.830. The molecule has 0 aliphatic heterocycles. The number of alkyl halides is 2. The smallest absolute Gasteiger partial charge is 0.161 e. The summed E-state index contributed by atoms with van der Waals surface area (Å²) in [6.07, 6.45) is 4.18. The van der Waals surface area contributed by atoms with Crippen LogP contribution in [0.3, 0.4) is 0 Å². The van der Waals surface area contributed by atoms with Gasteiger partial charge in [0.25, 0.3) is 0 Å². The Bertz CT molecular complexity index is 461. The van der Waals surface area contributed by atoms with Crippen LogP contribution in [0.2, 0.25) is 0 Å². The summed E-state index contributed by atoms with van der Waals surface area (Å²) >= 11 is 12.2. The number of benzene rings is 1. The molecule has 0 atom stereocenters. The summed E-state index contributed by atoms with van der Waals surface area (Å²) in [4.78, 5) is 0. The van der Waals surface area contributed by atoms with Crippen molar-refractivity contribution in [2.75, 3.05) is 5.73 Å². The van der Waals surface area contributed by atoms with Crippen LogP contribution in [-0.2, 0) is 0 Å². The number of nitrogens with two attached hydrogens (primary N) is 2. The lowest BCUT2D eigenvalue weighted by Crippen LogP contribution is -2.25. The van der Waals surface area contributed by atoms with Crippen LogP contribution < -0.4 is 11.5 Å². The van der Waals surface area contributed by atoms with E-state index in [1.54, 1.807) is 6.08 Å². The van der Waals surface area contributed by atoms with E-state index >= 15 is 0 Å². The lowest BCUT2D eigenvalue weighted by molar-refractivity contribution is 0.892. The molecule has 4 N–H and O–H groups in total. The fourth-order valence-electron chi connectivity index (χ4n) is 1.61. The van der Waals surface area contributed by atoms with Crippen LogP contribution in [-0.4, -0.2) is 4.33 Å². The molecule has 0 aromatic heterocycles. The first-order valence-electron chi connectivity index (χ1n) is 4.89. The Kier molecular flexibility index (Phi) is 4.36. The molecule has 0 unspecified atom stereocenters. The number of halogens is 3. The standard InChI is InChI=1S/C12H12Cl2N2.ClH/c13-12(14)7-9(3-6-11(12)16)8-1-4-10(15)5-2-8;/h1-6H,7,15-16H2;1H. The van der Waals surface area contributed by atoms with Gasteiger partial charge < -0.3 is 11.5 Å². The highest BCUT2D eigenvalue weighted by atomic mass is 35.5. The minimum absolute atomic E-state index is 0. The summed E-state index contributed by atoms with van der Waals surface area (Å²) in [5.41, 5.74) is 14.7. The van der Waals surface area contributed by atoms with Crippen LogP contribution >= 0.6 is 35.6 Å². The Morgan fingerprint density at radius 2 is 1.59 bits per heavy atom. The molecule has 0 fully saturated rings. The van der Waals surface area contributed by atoms with Crippen molar-refractivity contribution in [1.29, 1.82) is 0 Å². The molecular weight excluding hydrogens is 279 g/mol. The van der Waals surface area contributed by atoms with E-state index in [1.807, 2.05) is 30.3 Å².